The molecule has 0 fully saturated rings. The van der Waals surface area contributed by atoms with Crippen LogP contribution in [0.1, 0.15) is 5.56 Å². The van der Waals surface area contributed by atoms with Gasteiger partial charge >= 0.3 is 0 Å². The minimum Gasteiger partial charge on any atom is -0.398 e. The Morgan fingerprint density at radius 3 is 2.75 bits per heavy atom. The average molecular weight is 267 g/mol. The Bertz CT molecular complexity index is 764. The van der Waals surface area contributed by atoms with E-state index in [1.54, 1.807) is 12.4 Å². The summed E-state index contributed by atoms with van der Waals surface area (Å²) < 4.78 is 13.4. The van der Waals surface area contributed by atoms with Crippen LogP contribution in [0.25, 0.3) is 10.8 Å². The van der Waals surface area contributed by atoms with Gasteiger partial charge in [-0.1, -0.05) is 0 Å². The van der Waals surface area contributed by atoms with Crippen molar-refractivity contribution in [3.63, 3.8) is 0 Å². The van der Waals surface area contributed by atoms with Gasteiger partial charge in [-0.15, -0.1) is 0 Å². The third kappa shape index (κ3) is 2.28. The number of nitrogen functional groups attached to an aromatic ring is 1. The number of benzene rings is 2. The van der Waals surface area contributed by atoms with E-state index in [2.05, 4.69) is 10.3 Å². The summed E-state index contributed by atoms with van der Waals surface area (Å²) in [5.74, 6) is -0.259. The Kier molecular flexibility index (Phi) is 2.99. The molecule has 3 rings (SSSR count). The minimum atomic E-state index is -0.259. The molecule has 20 heavy (non-hydrogen) atoms. The number of aromatic nitrogens is 1. The summed E-state index contributed by atoms with van der Waals surface area (Å²) in [7, 11) is 0. The number of pyridine rings is 1. The summed E-state index contributed by atoms with van der Waals surface area (Å²) in [5.41, 5.74) is 9.07. The summed E-state index contributed by atoms with van der Waals surface area (Å²) in [6.45, 7) is 1.86. The van der Waals surface area contributed by atoms with Crippen molar-refractivity contribution in [3.8, 4) is 0 Å². The van der Waals surface area contributed by atoms with E-state index in [1.807, 2.05) is 31.2 Å². The van der Waals surface area contributed by atoms with E-state index in [0.717, 1.165) is 22.0 Å². The first kappa shape index (κ1) is 12.4. The highest BCUT2D eigenvalue weighted by molar-refractivity contribution is 6.01. The van der Waals surface area contributed by atoms with Crippen molar-refractivity contribution < 1.29 is 4.39 Å². The molecule has 0 saturated carbocycles. The van der Waals surface area contributed by atoms with E-state index in [4.69, 9.17) is 5.73 Å². The van der Waals surface area contributed by atoms with Crippen LogP contribution in [-0.2, 0) is 0 Å². The molecule has 1 heterocycles. The Balaban J connectivity index is 2.09. The molecule has 4 heteroatoms. The second kappa shape index (κ2) is 4.81. The molecule has 3 aromatic rings. The van der Waals surface area contributed by atoms with Gasteiger partial charge in [0.1, 0.15) is 5.82 Å². The van der Waals surface area contributed by atoms with Gasteiger partial charge in [-0.2, -0.15) is 0 Å². The number of hydrogen-bond donors (Lipinski definition) is 2. The van der Waals surface area contributed by atoms with Crippen LogP contribution in [0.2, 0.25) is 0 Å². The van der Waals surface area contributed by atoms with Crippen molar-refractivity contribution in [2.24, 2.45) is 0 Å². The fourth-order valence-electron chi connectivity index (χ4n) is 2.29. The van der Waals surface area contributed by atoms with Crippen molar-refractivity contribution in [1.82, 2.24) is 4.98 Å². The monoisotopic (exact) mass is 267 g/mol. The first-order valence-corrected chi connectivity index (χ1v) is 6.30. The Hall–Kier alpha value is -2.62. The molecule has 0 radical (unpaired) electrons. The highest BCUT2D eigenvalue weighted by Gasteiger charge is 2.05. The van der Waals surface area contributed by atoms with Crippen LogP contribution >= 0.6 is 0 Å². The molecule has 0 spiro atoms. The fourth-order valence-corrected chi connectivity index (χ4v) is 2.29. The molecule has 0 bridgehead atoms. The van der Waals surface area contributed by atoms with Crippen LogP contribution < -0.4 is 11.1 Å². The molecule has 0 amide bonds. The molecule has 0 aliphatic carbocycles. The van der Waals surface area contributed by atoms with E-state index in [1.165, 1.54) is 12.1 Å². The molecule has 0 saturated heterocycles. The lowest BCUT2D eigenvalue weighted by Crippen LogP contribution is -1.95. The molecule has 0 unspecified atom stereocenters. The summed E-state index contributed by atoms with van der Waals surface area (Å²) >= 11 is 0. The lowest BCUT2D eigenvalue weighted by Gasteiger charge is -2.11. The number of rotatable bonds is 2. The highest BCUT2D eigenvalue weighted by Crippen LogP contribution is 2.30. The molecule has 2 aromatic carbocycles. The normalized spacial score (nSPS) is 10.7. The van der Waals surface area contributed by atoms with Crippen LogP contribution in [0.3, 0.4) is 0 Å². The summed E-state index contributed by atoms with van der Waals surface area (Å²) in [4.78, 5) is 4.12. The number of fused-ring (bicyclic) bond motifs is 1. The average Bonchev–Trinajstić information content (AvgIpc) is 2.41. The van der Waals surface area contributed by atoms with Gasteiger partial charge in [-0.3, -0.25) is 4.98 Å². The third-order valence-corrected chi connectivity index (χ3v) is 3.17. The molecule has 1 aromatic heterocycles. The van der Waals surface area contributed by atoms with Crippen molar-refractivity contribution in [3.05, 3.63) is 60.2 Å². The van der Waals surface area contributed by atoms with Crippen LogP contribution in [0, 0.1) is 12.7 Å². The fraction of sp³-hybridized carbons (Fsp3) is 0.0625. The van der Waals surface area contributed by atoms with Gasteiger partial charge in [0.2, 0.25) is 0 Å². The number of aryl methyl sites for hydroxylation is 1. The topological polar surface area (TPSA) is 50.9 Å². The second-order valence-corrected chi connectivity index (χ2v) is 4.77. The molecule has 3 N–H and O–H groups in total. The highest BCUT2D eigenvalue weighted by atomic mass is 19.1. The van der Waals surface area contributed by atoms with E-state index in [-0.39, 0.29) is 5.82 Å². The van der Waals surface area contributed by atoms with E-state index >= 15 is 0 Å². The van der Waals surface area contributed by atoms with Crippen molar-refractivity contribution in [1.29, 1.82) is 0 Å². The molecule has 0 atom stereocenters. The molecule has 0 aliphatic rings. The van der Waals surface area contributed by atoms with Crippen LogP contribution in [-0.4, -0.2) is 4.98 Å². The van der Waals surface area contributed by atoms with Gasteiger partial charge in [0.05, 0.1) is 0 Å². The van der Waals surface area contributed by atoms with Crippen molar-refractivity contribution in [2.45, 2.75) is 6.92 Å². The predicted molar refractivity (Wildman–Crippen MR) is 80.6 cm³/mol. The molecular weight excluding hydrogens is 253 g/mol. The number of halogens is 1. The zero-order valence-corrected chi connectivity index (χ0v) is 11.0. The zero-order chi connectivity index (χ0) is 14.1. The quantitative estimate of drug-likeness (QED) is 0.690. The summed E-state index contributed by atoms with van der Waals surface area (Å²) in [5, 5.41) is 5.06. The van der Waals surface area contributed by atoms with Crippen molar-refractivity contribution in [2.75, 3.05) is 11.1 Å². The van der Waals surface area contributed by atoms with Crippen LogP contribution in [0.5, 0.6) is 0 Å². The predicted octanol–water partition coefficient (Wildman–Crippen LogP) is 4.01. The molecule has 0 aliphatic heterocycles. The summed E-state index contributed by atoms with van der Waals surface area (Å²) in [6.07, 6.45) is 3.45. The second-order valence-electron chi connectivity index (χ2n) is 4.77. The maximum Gasteiger partial charge on any atom is 0.125 e. The van der Waals surface area contributed by atoms with Crippen molar-refractivity contribution >= 4 is 27.8 Å². The van der Waals surface area contributed by atoms with Gasteiger partial charge in [-0.25, -0.2) is 4.39 Å². The van der Waals surface area contributed by atoms with Crippen LogP contribution in [0.4, 0.5) is 21.5 Å². The van der Waals surface area contributed by atoms with Gasteiger partial charge in [0.15, 0.2) is 0 Å². The Morgan fingerprint density at radius 2 is 1.95 bits per heavy atom. The third-order valence-electron chi connectivity index (χ3n) is 3.17. The van der Waals surface area contributed by atoms with Gasteiger partial charge in [0.25, 0.3) is 0 Å². The largest absolute Gasteiger partial charge is 0.398 e. The van der Waals surface area contributed by atoms with E-state index < -0.39 is 0 Å². The molecule has 100 valence electrons. The smallest absolute Gasteiger partial charge is 0.125 e. The first-order valence-electron chi connectivity index (χ1n) is 6.30. The number of nitrogens with one attached hydrogen (secondary N) is 1. The zero-order valence-electron chi connectivity index (χ0n) is 11.0. The molecular formula is C16H14FN3. The number of nitrogens with zero attached hydrogens (tertiary/aromatic N) is 1. The Labute approximate surface area is 116 Å². The number of hydrogen-bond acceptors (Lipinski definition) is 3. The van der Waals surface area contributed by atoms with E-state index in [0.29, 0.717) is 11.4 Å². The molecule has 3 nitrogen and oxygen atoms in total. The first-order chi connectivity index (χ1) is 9.63. The SMILES string of the molecule is Cc1cc(F)cc(Nc2ccc(N)c3ccncc23)c1. The van der Waals surface area contributed by atoms with Crippen LogP contribution in [0.15, 0.2) is 48.8 Å². The number of anilines is 3. The lowest BCUT2D eigenvalue weighted by atomic mass is 10.1. The van der Waals surface area contributed by atoms with Gasteiger partial charge in [0, 0.05) is 40.2 Å². The maximum atomic E-state index is 13.4. The standard InChI is InChI=1S/C16H14FN3/c1-10-6-11(17)8-12(7-10)20-16-3-2-15(18)13-4-5-19-9-14(13)16/h2-9,20H,18H2,1H3. The number of nitrogens with two attached hydrogens (primary N) is 1. The summed E-state index contributed by atoms with van der Waals surface area (Å²) in [6, 6.07) is 10.4. The van der Waals surface area contributed by atoms with Gasteiger partial charge in [-0.05, 0) is 48.9 Å². The maximum absolute atomic E-state index is 13.4. The van der Waals surface area contributed by atoms with Gasteiger partial charge < -0.3 is 11.1 Å². The Morgan fingerprint density at radius 1 is 1.10 bits per heavy atom. The minimum absolute atomic E-state index is 0.259. The lowest BCUT2D eigenvalue weighted by molar-refractivity contribution is 0.627. The van der Waals surface area contributed by atoms with E-state index in [9.17, 15) is 4.39 Å².